The van der Waals surface area contributed by atoms with E-state index in [4.69, 9.17) is 10.1 Å². The van der Waals surface area contributed by atoms with Gasteiger partial charge in [-0.1, -0.05) is 69.7 Å². The summed E-state index contributed by atoms with van der Waals surface area (Å²) in [5, 5.41) is 14.3. The smallest absolute Gasteiger partial charge is 0.336 e. The molecule has 2 aromatic heterocycles. The van der Waals surface area contributed by atoms with Crippen molar-refractivity contribution in [3.05, 3.63) is 65.4 Å². The van der Waals surface area contributed by atoms with Gasteiger partial charge in [-0.15, -0.1) is 0 Å². The molecule has 0 saturated heterocycles. The van der Waals surface area contributed by atoms with Crippen LogP contribution in [0, 0.1) is 5.92 Å². The number of aromatic nitrogens is 4. The number of rotatable bonds is 10. The molecule has 0 bridgehead atoms. The van der Waals surface area contributed by atoms with Crippen LogP contribution in [0.15, 0.2) is 42.6 Å². The van der Waals surface area contributed by atoms with E-state index < -0.39 is 5.97 Å². The summed E-state index contributed by atoms with van der Waals surface area (Å²) in [6, 6.07) is 10.9. The molecule has 4 rings (SSSR count). The van der Waals surface area contributed by atoms with E-state index in [1.54, 1.807) is 18.2 Å². The van der Waals surface area contributed by atoms with Crippen LogP contribution < -0.4 is 0 Å². The molecule has 6 heteroatoms. The van der Waals surface area contributed by atoms with E-state index in [-0.39, 0.29) is 5.56 Å². The summed E-state index contributed by atoms with van der Waals surface area (Å²) in [5.74, 6) is 1.90. The fraction of sp³-hybridized carbons (Fsp3) is 0.481. The Kier molecular flexibility index (Phi) is 7.87. The maximum absolute atomic E-state index is 11.5. The third-order valence-electron chi connectivity index (χ3n) is 6.64. The van der Waals surface area contributed by atoms with E-state index in [1.165, 1.54) is 38.5 Å². The van der Waals surface area contributed by atoms with Gasteiger partial charge in [0.15, 0.2) is 5.82 Å². The average Bonchev–Trinajstić information content (AvgIpc) is 3.24. The molecule has 0 unspecified atom stereocenters. The quantitative estimate of drug-likeness (QED) is 0.417. The van der Waals surface area contributed by atoms with Crippen molar-refractivity contribution < 1.29 is 9.90 Å². The fourth-order valence-electron chi connectivity index (χ4n) is 4.73. The highest BCUT2D eigenvalue weighted by Crippen LogP contribution is 2.27. The molecule has 0 atom stereocenters. The van der Waals surface area contributed by atoms with E-state index in [0.29, 0.717) is 17.8 Å². The third-order valence-corrected chi connectivity index (χ3v) is 6.64. The number of carbonyl (C=O) groups is 1. The van der Waals surface area contributed by atoms with Crippen molar-refractivity contribution in [2.75, 3.05) is 0 Å². The lowest BCUT2D eigenvalue weighted by Gasteiger charge is -2.20. The number of carboxylic acid groups (broad SMARTS) is 1. The summed E-state index contributed by atoms with van der Waals surface area (Å²) in [6.07, 6.45) is 14.0. The first-order chi connectivity index (χ1) is 16.1. The van der Waals surface area contributed by atoms with Gasteiger partial charge in [0.05, 0.1) is 17.8 Å². The number of hydrogen-bond acceptors (Lipinski definition) is 4. The van der Waals surface area contributed by atoms with Crippen LogP contribution >= 0.6 is 0 Å². The Bertz CT molecular complexity index is 1050. The Labute approximate surface area is 196 Å². The zero-order valence-electron chi connectivity index (χ0n) is 19.5. The van der Waals surface area contributed by atoms with Crippen LogP contribution in [0.5, 0.6) is 0 Å². The molecule has 2 heterocycles. The van der Waals surface area contributed by atoms with Crippen molar-refractivity contribution in [1.82, 2.24) is 19.7 Å². The molecular weight excluding hydrogens is 412 g/mol. The molecule has 1 aliphatic carbocycles. The topological polar surface area (TPSA) is 80.9 Å². The number of carboxylic acids is 1. The predicted octanol–water partition coefficient (Wildman–Crippen LogP) is 5.94. The van der Waals surface area contributed by atoms with Crippen molar-refractivity contribution in [3.63, 3.8) is 0 Å². The molecule has 33 heavy (non-hydrogen) atoms. The van der Waals surface area contributed by atoms with Crippen molar-refractivity contribution in [1.29, 1.82) is 0 Å². The number of aromatic carboxylic acids is 1. The van der Waals surface area contributed by atoms with Crippen LogP contribution in [0.1, 0.15) is 85.9 Å². The zero-order valence-corrected chi connectivity index (χ0v) is 19.5. The molecule has 174 valence electrons. The van der Waals surface area contributed by atoms with E-state index in [2.05, 4.69) is 11.9 Å². The standard InChI is InChI=1S/C27H34N4O2/c1-2-3-13-26-29-25(17-15-20-9-5-4-6-10-20)30-31(26)19-21-14-16-24(28-18-21)22-11-7-8-12-23(22)27(32)33/h7-8,11-12,14,16,18,20H,2-6,9-10,13,15,17,19H2,1H3,(H,32,33). The van der Waals surface area contributed by atoms with Crippen molar-refractivity contribution in [2.45, 2.75) is 77.7 Å². The van der Waals surface area contributed by atoms with Crippen LogP contribution in [0.25, 0.3) is 11.3 Å². The van der Waals surface area contributed by atoms with Crippen molar-refractivity contribution in [3.8, 4) is 11.3 Å². The first kappa shape index (κ1) is 23.1. The molecule has 3 aromatic rings. The molecule has 1 saturated carbocycles. The van der Waals surface area contributed by atoms with E-state index in [0.717, 1.165) is 48.8 Å². The molecule has 6 nitrogen and oxygen atoms in total. The summed E-state index contributed by atoms with van der Waals surface area (Å²) in [7, 11) is 0. The number of benzene rings is 1. The molecular formula is C27H34N4O2. The van der Waals surface area contributed by atoms with Crippen molar-refractivity contribution in [2.24, 2.45) is 5.92 Å². The first-order valence-corrected chi connectivity index (χ1v) is 12.3. The molecule has 1 N–H and O–H groups in total. The van der Waals surface area contributed by atoms with E-state index in [9.17, 15) is 9.90 Å². The number of nitrogens with zero attached hydrogens (tertiary/aromatic N) is 4. The van der Waals surface area contributed by atoms with Crippen molar-refractivity contribution >= 4 is 5.97 Å². The molecule has 0 amide bonds. The van der Waals surface area contributed by atoms with E-state index >= 15 is 0 Å². The Morgan fingerprint density at radius 1 is 1.09 bits per heavy atom. The van der Waals surface area contributed by atoms with Crippen LogP contribution in [-0.2, 0) is 19.4 Å². The van der Waals surface area contributed by atoms with Gasteiger partial charge in [0.1, 0.15) is 5.82 Å². The number of hydrogen-bond donors (Lipinski definition) is 1. The maximum atomic E-state index is 11.5. The van der Waals surface area contributed by atoms with Gasteiger partial charge in [0.2, 0.25) is 0 Å². The lowest BCUT2D eigenvalue weighted by molar-refractivity contribution is 0.0697. The highest BCUT2D eigenvalue weighted by Gasteiger charge is 2.16. The van der Waals surface area contributed by atoms with Gasteiger partial charge in [0.25, 0.3) is 0 Å². The second kappa shape index (κ2) is 11.2. The normalized spacial score (nSPS) is 14.5. The van der Waals surface area contributed by atoms with Gasteiger partial charge in [-0.25, -0.2) is 14.5 Å². The van der Waals surface area contributed by atoms with Gasteiger partial charge < -0.3 is 5.11 Å². The average molecular weight is 447 g/mol. The second-order valence-electron chi connectivity index (χ2n) is 9.15. The highest BCUT2D eigenvalue weighted by atomic mass is 16.4. The molecule has 1 aliphatic rings. The monoisotopic (exact) mass is 446 g/mol. The van der Waals surface area contributed by atoms with Crippen LogP contribution in [0.3, 0.4) is 0 Å². The lowest BCUT2D eigenvalue weighted by atomic mass is 9.86. The van der Waals surface area contributed by atoms with Gasteiger partial charge in [-0.05, 0) is 36.5 Å². The Morgan fingerprint density at radius 2 is 1.91 bits per heavy atom. The molecule has 0 aliphatic heterocycles. The van der Waals surface area contributed by atoms with Crippen LogP contribution in [-0.4, -0.2) is 30.8 Å². The summed E-state index contributed by atoms with van der Waals surface area (Å²) < 4.78 is 2.04. The summed E-state index contributed by atoms with van der Waals surface area (Å²) in [5.41, 5.74) is 2.59. The molecule has 0 spiro atoms. The van der Waals surface area contributed by atoms with Gasteiger partial charge in [-0.3, -0.25) is 4.98 Å². The van der Waals surface area contributed by atoms with Gasteiger partial charge in [0, 0.05) is 24.6 Å². The molecule has 1 fully saturated rings. The van der Waals surface area contributed by atoms with E-state index in [1.807, 2.05) is 29.1 Å². The van der Waals surface area contributed by atoms with Crippen LogP contribution in [0.4, 0.5) is 0 Å². The lowest BCUT2D eigenvalue weighted by Crippen LogP contribution is -2.09. The van der Waals surface area contributed by atoms with Gasteiger partial charge >= 0.3 is 5.97 Å². The molecule has 0 radical (unpaired) electrons. The third kappa shape index (κ3) is 6.06. The summed E-state index contributed by atoms with van der Waals surface area (Å²) in [6.45, 7) is 2.83. The molecule has 1 aromatic carbocycles. The van der Waals surface area contributed by atoms with Gasteiger partial charge in [-0.2, -0.15) is 5.10 Å². The summed E-state index contributed by atoms with van der Waals surface area (Å²) in [4.78, 5) is 21.0. The SMILES string of the molecule is CCCCc1nc(CCC2CCCCC2)nn1Cc1ccc(-c2ccccc2C(=O)O)nc1. The minimum atomic E-state index is -0.944. The Hall–Kier alpha value is -3.02. The highest BCUT2D eigenvalue weighted by molar-refractivity contribution is 5.95. The number of unbranched alkanes of at least 4 members (excludes halogenated alkanes) is 1. The Balaban J connectivity index is 1.48. The Morgan fingerprint density at radius 3 is 2.64 bits per heavy atom. The minimum absolute atomic E-state index is 0.262. The van der Waals surface area contributed by atoms with Crippen LogP contribution in [0.2, 0.25) is 0 Å². The zero-order chi connectivity index (χ0) is 23.0. The predicted molar refractivity (Wildman–Crippen MR) is 129 cm³/mol. The largest absolute Gasteiger partial charge is 0.478 e. The summed E-state index contributed by atoms with van der Waals surface area (Å²) >= 11 is 0. The minimum Gasteiger partial charge on any atom is -0.478 e. The first-order valence-electron chi connectivity index (χ1n) is 12.3. The second-order valence-corrected chi connectivity index (χ2v) is 9.15. The maximum Gasteiger partial charge on any atom is 0.336 e. The fourth-order valence-corrected chi connectivity index (χ4v) is 4.73. The number of pyridine rings is 1. The number of aryl methyl sites for hydroxylation is 2.